The second-order valence-corrected chi connectivity index (χ2v) is 7.23. The molecule has 0 atom stereocenters. The lowest BCUT2D eigenvalue weighted by atomic mass is 10.2. The van der Waals surface area contributed by atoms with Crippen molar-refractivity contribution < 1.29 is 8.42 Å². The number of nitrogens with zero attached hydrogens (tertiary/aromatic N) is 2. The van der Waals surface area contributed by atoms with Gasteiger partial charge in [-0.25, -0.2) is 17.8 Å². The maximum Gasteiger partial charge on any atom is 0.243 e. The fourth-order valence-corrected chi connectivity index (χ4v) is 3.67. The molecule has 0 aliphatic heterocycles. The highest BCUT2D eigenvalue weighted by Crippen LogP contribution is 2.16. The normalized spacial score (nSPS) is 11.5. The number of benzene rings is 2. The van der Waals surface area contributed by atoms with Crippen molar-refractivity contribution in [1.29, 1.82) is 0 Å². The Labute approximate surface area is 142 Å². The minimum atomic E-state index is -3.58. The first-order chi connectivity index (χ1) is 11.6. The zero-order valence-electron chi connectivity index (χ0n) is 13.4. The third-order valence-corrected chi connectivity index (χ3v) is 5.28. The molecule has 6 heteroatoms. The molecule has 0 spiro atoms. The van der Waals surface area contributed by atoms with Crippen molar-refractivity contribution in [2.24, 2.45) is 0 Å². The van der Waals surface area contributed by atoms with E-state index in [-0.39, 0.29) is 4.90 Å². The lowest BCUT2D eigenvalue weighted by Crippen LogP contribution is -2.26. The molecular formula is C18H19N3O2S. The Hall–Kier alpha value is -2.44. The standard InChI is InChI=1S/C18H19N3O2S/c1-15-18(14-21(20-15)17-10-6-3-7-11-17)24(22,23)19-13-12-16-8-4-2-5-9-16/h2-11,14,19H,12-13H2,1H3. The molecule has 0 amide bonds. The Balaban J connectivity index is 1.74. The van der Waals surface area contributed by atoms with E-state index in [1.165, 1.54) is 0 Å². The molecule has 1 aromatic heterocycles. The molecule has 124 valence electrons. The van der Waals surface area contributed by atoms with Crippen molar-refractivity contribution in [2.45, 2.75) is 18.2 Å². The molecular weight excluding hydrogens is 322 g/mol. The van der Waals surface area contributed by atoms with E-state index < -0.39 is 10.0 Å². The Morgan fingerprint density at radius 2 is 1.62 bits per heavy atom. The molecule has 24 heavy (non-hydrogen) atoms. The summed E-state index contributed by atoms with van der Waals surface area (Å²) in [5, 5.41) is 4.31. The van der Waals surface area contributed by atoms with Crippen LogP contribution in [0.3, 0.4) is 0 Å². The summed E-state index contributed by atoms with van der Waals surface area (Å²) in [6, 6.07) is 19.2. The first-order valence-electron chi connectivity index (χ1n) is 7.71. The van der Waals surface area contributed by atoms with E-state index in [1.807, 2.05) is 60.7 Å². The number of hydrogen-bond acceptors (Lipinski definition) is 3. The van der Waals surface area contributed by atoms with Crippen LogP contribution in [0.5, 0.6) is 0 Å². The summed E-state index contributed by atoms with van der Waals surface area (Å²) in [6.07, 6.45) is 2.20. The van der Waals surface area contributed by atoms with Gasteiger partial charge in [0.05, 0.1) is 17.6 Å². The van der Waals surface area contributed by atoms with Crippen LogP contribution in [0.15, 0.2) is 71.8 Å². The second kappa shape index (κ2) is 6.98. The summed E-state index contributed by atoms with van der Waals surface area (Å²) >= 11 is 0. The predicted octanol–water partition coefficient (Wildman–Crippen LogP) is 2.70. The van der Waals surface area contributed by atoms with Gasteiger partial charge < -0.3 is 0 Å². The minimum Gasteiger partial charge on any atom is -0.239 e. The monoisotopic (exact) mass is 341 g/mol. The molecule has 0 bridgehead atoms. The Kier molecular flexibility index (Phi) is 4.78. The summed E-state index contributed by atoms with van der Waals surface area (Å²) in [4.78, 5) is 0.208. The number of hydrogen-bond donors (Lipinski definition) is 1. The molecule has 5 nitrogen and oxygen atoms in total. The van der Waals surface area contributed by atoms with Crippen molar-refractivity contribution in [3.8, 4) is 5.69 Å². The van der Waals surface area contributed by atoms with Gasteiger partial charge in [0.2, 0.25) is 10.0 Å². The van der Waals surface area contributed by atoms with Gasteiger partial charge in [0.15, 0.2) is 0 Å². The Bertz CT molecular complexity index is 904. The van der Waals surface area contributed by atoms with Gasteiger partial charge in [-0.3, -0.25) is 0 Å². The topological polar surface area (TPSA) is 64.0 Å². The highest BCUT2D eigenvalue weighted by molar-refractivity contribution is 7.89. The van der Waals surface area contributed by atoms with Crippen LogP contribution in [0, 0.1) is 6.92 Å². The van der Waals surface area contributed by atoms with Gasteiger partial charge in [-0.15, -0.1) is 0 Å². The average Bonchev–Trinajstić information content (AvgIpc) is 2.99. The van der Waals surface area contributed by atoms with Crippen molar-refractivity contribution in [3.05, 3.63) is 78.1 Å². The summed E-state index contributed by atoms with van der Waals surface area (Å²) in [5.74, 6) is 0. The number of para-hydroxylation sites is 1. The van der Waals surface area contributed by atoms with Crippen molar-refractivity contribution in [2.75, 3.05) is 6.54 Å². The van der Waals surface area contributed by atoms with E-state index in [4.69, 9.17) is 0 Å². The molecule has 1 heterocycles. The zero-order chi connectivity index (χ0) is 17.0. The van der Waals surface area contributed by atoms with Crippen LogP contribution >= 0.6 is 0 Å². The van der Waals surface area contributed by atoms with E-state index in [0.717, 1.165) is 11.3 Å². The quantitative estimate of drug-likeness (QED) is 0.750. The molecule has 0 fully saturated rings. The van der Waals surface area contributed by atoms with Gasteiger partial charge in [-0.05, 0) is 31.0 Å². The van der Waals surface area contributed by atoms with Gasteiger partial charge in [-0.1, -0.05) is 48.5 Å². The maximum absolute atomic E-state index is 12.5. The molecule has 3 rings (SSSR count). The van der Waals surface area contributed by atoms with Crippen molar-refractivity contribution in [1.82, 2.24) is 14.5 Å². The fourth-order valence-electron chi connectivity index (χ4n) is 2.47. The van der Waals surface area contributed by atoms with Crippen LogP contribution in [-0.2, 0) is 16.4 Å². The smallest absolute Gasteiger partial charge is 0.239 e. The van der Waals surface area contributed by atoms with Crippen LogP contribution in [0.2, 0.25) is 0 Å². The molecule has 1 N–H and O–H groups in total. The van der Waals surface area contributed by atoms with Gasteiger partial charge in [0, 0.05) is 6.54 Å². The summed E-state index contributed by atoms with van der Waals surface area (Å²) < 4.78 is 29.3. The molecule has 0 aliphatic carbocycles. The van der Waals surface area contributed by atoms with Gasteiger partial charge in [-0.2, -0.15) is 5.10 Å². The highest BCUT2D eigenvalue weighted by atomic mass is 32.2. The van der Waals surface area contributed by atoms with Gasteiger partial charge in [0.1, 0.15) is 4.90 Å². The number of aromatic nitrogens is 2. The number of aryl methyl sites for hydroxylation is 1. The zero-order valence-corrected chi connectivity index (χ0v) is 14.2. The van der Waals surface area contributed by atoms with Crippen LogP contribution in [0.4, 0.5) is 0 Å². The van der Waals surface area contributed by atoms with Crippen LogP contribution < -0.4 is 4.72 Å². The first-order valence-corrected chi connectivity index (χ1v) is 9.20. The molecule has 0 saturated heterocycles. The average molecular weight is 341 g/mol. The van der Waals surface area contributed by atoms with E-state index in [9.17, 15) is 8.42 Å². The van der Waals surface area contributed by atoms with E-state index in [0.29, 0.717) is 18.7 Å². The number of nitrogens with one attached hydrogen (secondary N) is 1. The molecule has 0 aliphatic rings. The van der Waals surface area contributed by atoms with Crippen molar-refractivity contribution >= 4 is 10.0 Å². The first kappa shape index (κ1) is 16.4. The van der Waals surface area contributed by atoms with E-state index >= 15 is 0 Å². The SMILES string of the molecule is Cc1nn(-c2ccccc2)cc1S(=O)(=O)NCCc1ccccc1. The number of sulfonamides is 1. The van der Waals surface area contributed by atoms with Crippen LogP contribution in [0.25, 0.3) is 5.69 Å². The summed E-state index contributed by atoms with van der Waals surface area (Å²) in [5.41, 5.74) is 2.40. The van der Waals surface area contributed by atoms with Crippen LogP contribution in [-0.4, -0.2) is 24.7 Å². The third kappa shape index (κ3) is 3.72. The fraction of sp³-hybridized carbons (Fsp3) is 0.167. The maximum atomic E-state index is 12.5. The minimum absolute atomic E-state index is 0.208. The lowest BCUT2D eigenvalue weighted by Gasteiger charge is -2.05. The second-order valence-electron chi connectivity index (χ2n) is 5.49. The lowest BCUT2D eigenvalue weighted by molar-refractivity contribution is 0.581. The molecule has 0 unspecified atom stereocenters. The largest absolute Gasteiger partial charge is 0.243 e. The highest BCUT2D eigenvalue weighted by Gasteiger charge is 2.20. The summed E-state index contributed by atoms with van der Waals surface area (Å²) in [6.45, 7) is 2.05. The third-order valence-electron chi connectivity index (χ3n) is 3.71. The van der Waals surface area contributed by atoms with Gasteiger partial charge >= 0.3 is 0 Å². The Morgan fingerprint density at radius 1 is 1.00 bits per heavy atom. The van der Waals surface area contributed by atoms with Crippen LogP contribution in [0.1, 0.15) is 11.3 Å². The predicted molar refractivity (Wildman–Crippen MR) is 93.6 cm³/mol. The number of rotatable bonds is 6. The molecule has 3 aromatic rings. The Morgan fingerprint density at radius 3 is 2.29 bits per heavy atom. The van der Waals surface area contributed by atoms with Gasteiger partial charge in [0.25, 0.3) is 0 Å². The summed E-state index contributed by atoms with van der Waals surface area (Å²) in [7, 11) is -3.58. The molecule has 2 aromatic carbocycles. The molecule has 0 saturated carbocycles. The van der Waals surface area contributed by atoms with E-state index in [2.05, 4.69) is 9.82 Å². The van der Waals surface area contributed by atoms with Crippen molar-refractivity contribution in [3.63, 3.8) is 0 Å². The molecule has 0 radical (unpaired) electrons. The van der Waals surface area contributed by atoms with E-state index in [1.54, 1.807) is 17.8 Å².